The molecule has 3 aromatic rings. The highest BCUT2D eigenvalue weighted by Gasteiger charge is 2.31. The Kier molecular flexibility index (Phi) is 5.27. The van der Waals surface area contributed by atoms with Crippen molar-refractivity contribution < 1.29 is 8.78 Å². The van der Waals surface area contributed by atoms with E-state index in [9.17, 15) is 13.6 Å². The van der Waals surface area contributed by atoms with Crippen molar-refractivity contribution in [3.63, 3.8) is 0 Å². The Hall–Kier alpha value is -2.87. The molecule has 5 nitrogen and oxygen atoms in total. The molecule has 2 aromatic heterocycles. The minimum absolute atomic E-state index is 0.0814. The lowest BCUT2D eigenvalue weighted by molar-refractivity contribution is 0.579. The van der Waals surface area contributed by atoms with Gasteiger partial charge < -0.3 is 0 Å². The molecule has 3 heterocycles. The van der Waals surface area contributed by atoms with Crippen LogP contribution in [0.2, 0.25) is 0 Å². The molecule has 0 unspecified atom stereocenters. The van der Waals surface area contributed by atoms with Crippen LogP contribution in [0.15, 0.2) is 41.1 Å². The van der Waals surface area contributed by atoms with Gasteiger partial charge in [-0.3, -0.25) is 4.99 Å². The van der Waals surface area contributed by atoms with Crippen molar-refractivity contribution in [3.05, 3.63) is 80.9 Å². The number of nitrogens with one attached hydrogen (secondary N) is 1. The molecule has 0 spiro atoms. The fourth-order valence-electron chi connectivity index (χ4n) is 3.93. The molecule has 150 valence electrons. The van der Waals surface area contributed by atoms with E-state index in [0.717, 1.165) is 37.7 Å². The third kappa shape index (κ3) is 3.17. The van der Waals surface area contributed by atoms with Crippen LogP contribution in [0.1, 0.15) is 46.7 Å². The molecule has 8 heteroatoms. The largest absolute Gasteiger partial charge is 0.348 e. The molecule has 0 saturated heterocycles. The first-order valence-corrected chi connectivity index (χ1v) is 10.3. The number of hydrogen-bond acceptors (Lipinski definition) is 4. The number of halogens is 2. The van der Waals surface area contributed by atoms with Gasteiger partial charge in [0.2, 0.25) is 0 Å². The second kappa shape index (κ2) is 7.87. The number of aliphatic imine (C=N–C) groups is 1. The van der Waals surface area contributed by atoms with Crippen LogP contribution < -0.4 is 5.69 Å². The smallest absolute Gasteiger partial charge is 0.276 e. The fraction of sp³-hybridized carbons (Fsp3) is 0.286. The summed E-state index contributed by atoms with van der Waals surface area (Å²) < 4.78 is 30.7. The number of H-pyrrole nitrogens is 1. The second-order valence-corrected chi connectivity index (χ2v) is 7.87. The summed E-state index contributed by atoms with van der Waals surface area (Å²) in [7, 11) is 0. The summed E-state index contributed by atoms with van der Waals surface area (Å²) in [6.07, 6.45) is 4.92. The molecule has 1 aliphatic carbocycles. The first-order valence-electron chi connectivity index (χ1n) is 9.45. The molecule has 5 rings (SSSR count). The minimum Gasteiger partial charge on any atom is -0.276 e. The number of aromatic amines is 1. The maximum atomic E-state index is 14.6. The number of fused-ring (bicyclic) bond motifs is 5. The van der Waals surface area contributed by atoms with E-state index >= 15 is 0 Å². The van der Waals surface area contributed by atoms with E-state index in [1.54, 1.807) is 0 Å². The summed E-state index contributed by atoms with van der Waals surface area (Å²) in [6, 6.07) is 3.82. The molecule has 0 fully saturated rings. The van der Waals surface area contributed by atoms with Gasteiger partial charge in [0.15, 0.2) is 5.82 Å². The Morgan fingerprint density at radius 3 is 2.55 bits per heavy atom. The normalized spacial score (nSPS) is 15.0. The van der Waals surface area contributed by atoms with Gasteiger partial charge in [0.1, 0.15) is 23.2 Å². The number of nitrogens with zero attached hydrogens (tertiary/aromatic N) is 3. The first-order chi connectivity index (χ1) is 14.1. The van der Waals surface area contributed by atoms with Crippen LogP contribution in [0, 0.1) is 11.6 Å². The summed E-state index contributed by atoms with van der Waals surface area (Å²) in [5.74, 6) is -0.854. The number of rotatable bonds is 1. The lowest BCUT2D eigenvalue weighted by Crippen LogP contribution is -2.18. The van der Waals surface area contributed by atoms with Gasteiger partial charge >= 0.3 is 5.69 Å². The Bertz CT molecular complexity index is 1140. The zero-order valence-corrected chi connectivity index (χ0v) is 16.6. The Labute approximate surface area is 170 Å². The number of benzene rings is 1. The summed E-state index contributed by atoms with van der Waals surface area (Å²) in [5.41, 5.74) is 1.54. The molecular weight excluding hydrogens is 394 g/mol. The number of thiophene rings is 1. The monoisotopic (exact) mass is 414 g/mol. The maximum absolute atomic E-state index is 14.6. The third-order valence-corrected chi connectivity index (χ3v) is 6.44. The van der Waals surface area contributed by atoms with Crippen LogP contribution >= 0.6 is 11.3 Å². The number of aromatic nitrogens is 3. The Morgan fingerprint density at radius 1 is 1.07 bits per heavy atom. The van der Waals surface area contributed by atoms with Gasteiger partial charge in [-0.1, -0.05) is 12.5 Å². The van der Waals surface area contributed by atoms with E-state index < -0.39 is 11.6 Å². The van der Waals surface area contributed by atoms with E-state index in [1.807, 2.05) is 0 Å². The zero-order valence-electron chi connectivity index (χ0n) is 15.8. The molecule has 0 atom stereocenters. The summed E-state index contributed by atoms with van der Waals surface area (Å²) in [6.45, 7) is 6.08. The van der Waals surface area contributed by atoms with Gasteiger partial charge in [-0.25, -0.2) is 23.2 Å². The highest BCUT2D eigenvalue weighted by Crippen LogP contribution is 2.39. The van der Waals surface area contributed by atoms with Crippen LogP contribution in [0.25, 0.3) is 5.00 Å². The minimum atomic E-state index is -0.651. The van der Waals surface area contributed by atoms with E-state index in [1.165, 1.54) is 39.0 Å². The molecule has 1 aliphatic heterocycles. The summed E-state index contributed by atoms with van der Waals surface area (Å²) in [4.78, 5) is 18.1. The molecule has 2 aliphatic rings. The van der Waals surface area contributed by atoms with E-state index in [-0.39, 0.29) is 23.5 Å². The predicted molar refractivity (Wildman–Crippen MR) is 110 cm³/mol. The van der Waals surface area contributed by atoms with Crippen molar-refractivity contribution in [2.24, 2.45) is 4.99 Å². The zero-order chi connectivity index (χ0) is 20.5. The van der Waals surface area contributed by atoms with Crippen LogP contribution in [-0.2, 0) is 19.4 Å². The van der Waals surface area contributed by atoms with E-state index in [4.69, 9.17) is 0 Å². The molecule has 1 N–H and O–H groups in total. The molecule has 0 saturated carbocycles. The van der Waals surface area contributed by atoms with Crippen LogP contribution in [0.5, 0.6) is 0 Å². The lowest BCUT2D eigenvalue weighted by Gasteiger charge is -2.11. The quantitative estimate of drug-likeness (QED) is 0.476. The highest BCUT2D eigenvalue weighted by atomic mass is 32.1. The highest BCUT2D eigenvalue weighted by molar-refractivity contribution is 7.15. The van der Waals surface area contributed by atoms with Gasteiger partial charge in [-0.2, -0.15) is 5.10 Å². The van der Waals surface area contributed by atoms with Crippen LogP contribution in [-0.4, -0.2) is 20.5 Å². The second-order valence-electron chi connectivity index (χ2n) is 6.79. The Morgan fingerprint density at radius 2 is 1.79 bits per heavy atom. The van der Waals surface area contributed by atoms with Gasteiger partial charge in [0, 0.05) is 10.4 Å². The van der Waals surface area contributed by atoms with Crippen LogP contribution in [0.3, 0.4) is 0 Å². The third-order valence-electron chi connectivity index (χ3n) is 5.16. The van der Waals surface area contributed by atoms with Gasteiger partial charge in [-0.05, 0) is 43.4 Å². The molecule has 0 amide bonds. The maximum Gasteiger partial charge on any atom is 0.348 e. The van der Waals surface area contributed by atoms with E-state index in [2.05, 4.69) is 28.3 Å². The SMILES string of the molecule is C=C.O=c1[nH]nc2n1-c1sc3c(c1C(c1c(F)cccc1F)=NC2)CCCCC3. The molecular formula is C21H20F2N4OS. The van der Waals surface area contributed by atoms with Crippen molar-refractivity contribution in [2.45, 2.75) is 38.6 Å². The molecule has 0 radical (unpaired) electrons. The van der Waals surface area contributed by atoms with Crippen molar-refractivity contribution in [3.8, 4) is 5.00 Å². The molecule has 0 bridgehead atoms. The summed E-state index contributed by atoms with van der Waals surface area (Å²) >= 11 is 1.51. The molecule has 1 aromatic carbocycles. The van der Waals surface area contributed by atoms with E-state index in [0.29, 0.717) is 16.4 Å². The van der Waals surface area contributed by atoms with Crippen molar-refractivity contribution in [2.75, 3.05) is 0 Å². The van der Waals surface area contributed by atoms with Gasteiger partial charge in [-0.15, -0.1) is 24.5 Å². The van der Waals surface area contributed by atoms with Crippen molar-refractivity contribution in [1.82, 2.24) is 14.8 Å². The topological polar surface area (TPSA) is 63.0 Å². The fourth-order valence-corrected chi connectivity index (χ4v) is 5.34. The summed E-state index contributed by atoms with van der Waals surface area (Å²) in [5, 5.41) is 7.18. The average molecular weight is 414 g/mol. The number of aryl methyl sites for hydroxylation is 1. The predicted octanol–water partition coefficient (Wildman–Crippen LogP) is 4.32. The Balaban J connectivity index is 0.000000994. The van der Waals surface area contributed by atoms with Gasteiger partial charge in [0.05, 0.1) is 11.3 Å². The van der Waals surface area contributed by atoms with Crippen LogP contribution in [0.4, 0.5) is 8.78 Å². The van der Waals surface area contributed by atoms with Crippen molar-refractivity contribution in [1.29, 1.82) is 0 Å². The van der Waals surface area contributed by atoms with Gasteiger partial charge in [0.25, 0.3) is 0 Å². The number of hydrogen-bond donors (Lipinski definition) is 1. The standard InChI is InChI=1S/C19H16F2N4OS.C2H4/c20-11-6-4-7-12(21)16(11)17-15-10-5-2-1-3-8-13(10)27-18(15)25-14(9-22-17)23-24-19(25)26;1-2/h4,6-7H,1-3,5,8-9H2,(H,24,26);1-2H2. The lowest BCUT2D eigenvalue weighted by atomic mass is 9.96. The molecule has 29 heavy (non-hydrogen) atoms. The average Bonchev–Trinajstić information content (AvgIpc) is 3.09. The van der Waals surface area contributed by atoms with Crippen molar-refractivity contribution >= 4 is 17.0 Å². The first kappa shape index (κ1) is 19.4.